The highest BCUT2D eigenvalue weighted by atomic mass is 16.2. The number of nitrogens with one attached hydrogen (secondary N) is 1. The van der Waals surface area contributed by atoms with Crippen LogP contribution in [0.15, 0.2) is 12.7 Å². The van der Waals surface area contributed by atoms with Gasteiger partial charge in [-0.05, 0) is 47.0 Å². The molecule has 98 valence electrons. The largest absolute Gasteiger partial charge is 0.354 e. The lowest BCUT2D eigenvalue weighted by molar-refractivity contribution is -0.124. The number of nitrogens with zero attached hydrogens (tertiary/aromatic N) is 2. The number of rotatable bonds is 6. The number of hydrogen-bond acceptors (Lipinski definition) is 3. The first-order valence-corrected chi connectivity index (χ1v) is 6.33. The van der Waals surface area contributed by atoms with Crippen LogP contribution >= 0.6 is 0 Å². The Balaban J connectivity index is 2.25. The monoisotopic (exact) mass is 239 g/mol. The molecular formula is C13H25N3O. The molecule has 1 fully saturated rings. The predicted molar refractivity (Wildman–Crippen MR) is 71.0 cm³/mol. The van der Waals surface area contributed by atoms with Gasteiger partial charge in [-0.25, -0.2) is 0 Å². The van der Waals surface area contributed by atoms with E-state index >= 15 is 0 Å². The van der Waals surface area contributed by atoms with Crippen LogP contribution in [0.1, 0.15) is 19.3 Å². The first-order valence-electron chi connectivity index (χ1n) is 6.33. The van der Waals surface area contributed by atoms with Crippen LogP contribution in [0.2, 0.25) is 0 Å². The van der Waals surface area contributed by atoms with Gasteiger partial charge in [-0.1, -0.05) is 6.08 Å². The second-order valence-electron chi connectivity index (χ2n) is 5.00. The normalized spacial score (nSPS) is 22.7. The molecular weight excluding hydrogens is 214 g/mol. The van der Waals surface area contributed by atoms with E-state index in [1.165, 1.54) is 19.4 Å². The Morgan fingerprint density at radius 3 is 2.82 bits per heavy atom. The fourth-order valence-electron chi connectivity index (χ4n) is 2.36. The Bertz CT molecular complexity index is 265. The molecule has 17 heavy (non-hydrogen) atoms. The minimum atomic E-state index is -0.226. The molecule has 0 aromatic rings. The Morgan fingerprint density at radius 2 is 2.35 bits per heavy atom. The van der Waals surface area contributed by atoms with E-state index in [9.17, 15) is 4.79 Å². The van der Waals surface area contributed by atoms with E-state index in [1.54, 1.807) is 6.08 Å². The number of amides is 1. The fourth-order valence-corrected chi connectivity index (χ4v) is 2.36. The zero-order valence-electron chi connectivity index (χ0n) is 11.3. The molecule has 1 amide bonds. The summed E-state index contributed by atoms with van der Waals surface area (Å²) in [5.74, 6) is 0.0469. The number of carbonyl (C=O) groups excluding carboxylic acids is 1. The highest BCUT2D eigenvalue weighted by molar-refractivity contribution is 5.83. The molecule has 4 nitrogen and oxygen atoms in total. The van der Waals surface area contributed by atoms with Crippen LogP contribution in [-0.4, -0.2) is 62.0 Å². The number of likely N-dealkylation sites (N-methyl/N-ethyl adjacent to an activating group) is 1. The number of hydrogen-bond donors (Lipinski definition) is 1. The molecule has 0 aliphatic carbocycles. The molecule has 0 spiro atoms. The molecule has 0 radical (unpaired) electrons. The fraction of sp³-hybridized carbons (Fsp3) is 0.769. The van der Waals surface area contributed by atoms with Crippen molar-refractivity contribution in [2.45, 2.75) is 31.3 Å². The second-order valence-corrected chi connectivity index (χ2v) is 5.00. The van der Waals surface area contributed by atoms with Crippen LogP contribution in [0.3, 0.4) is 0 Å². The standard InChI is InChI=1S/C13H25N3O/c1-5-12(15(2)3)13(17)14-9-8-11-7-6-10-16(11)4/h5,11-12H,1,6-10H2,2-4H3,(H,14,17)/t11?,12-/m1/s1. The van der Waals surface area contributed by atoms with Gasteiger partial charge in [0.15, 0.2) is 0 Å². The molecule has 1 aliphatic rings. The van der Waals surface area contributed by atoms with E-state index in [2.05, 4.69) is 23.8 Å². The van der Waals surface area contributed by atoms with Crippen molar-refractivity contribution in [3.63, 3.8) is 0 Å². The quantitative estimate of drug-likeness (QED) is 0.693. The number of likely N-dealkylation sites (tertiary alicyclic amines) is 1. The number of carbonyl (C=O) groups is 1. The summed E-state index contributed by atoms with van der Waals surface area (Å²) in [6.45, 7) is 5.63. The van der Waals surface area contributed by atoms with Crippen LogP contribution in [0.4, 0.5) is 0 Å². The Kier molecular flexibility index (Phi) is 5.65. The van der Waals surface area contributed by atoms with Crippen molar-refractivity contribution < 1.29 is 4.79 Å². The minimum Gasteiger partial charge on any atom is -0.354 e. The Hall–Kier alpha value is -0.870. The van der Waals surface area contributed by atoms with Gasteiger partial charge < -0.3 is 10.2 Å². The zero-order chi connectivity index (χ0) is 12.8. The van der Waals surface area contributed by atoms with Crippen LogP contribution in [0.25, 0.3) is 0 Å². The van der Waals surface area contributed by atoms with Crippen molar-refractivity contribution in [3.05, 3.63) is 12.7 Å². The van der Waals surface area contributed by atoms with Crippen molar-refractivity contribution in [1.82, 2.24) is 15.1 Å². The van der Waals surface area contributed by atoms with Gasteiger partial charge in [0.05, 0.1) is 0 Å². The lowest BCUT2D eigenvalue weighted by atomic mass is 10.1. The highest BCUT2D eigenvalue weighted by Gasteiger charge is 2.21. The van der Waals surface area contributed by atoms with Gasteiger partial charge in [-0.15, -0.1) is 6.58 Å². The molecule has 4 heteroatoms. The molecule has 2 atom stereocenters. The van der Waals surface area contributed by atoms with Crippen molar-refractivity contribution >= 4 is 5.91 Å². The SMILES string of the molecule is C=C[C@H](C(=O)NCCC1CCCN1C)N(C)C. The summed E-state index contributed by atoms with van der Waals surface area (Å²) < 4.78 is 0. The molecule has 1 N–H and O–H groups in total. The summed E-state index contributed by atoms with van der Waals surface area (Å²) in [7, 11) is 5.93. The zero-order valence-corrected chi connectivity index (χ0v) is 11.3. The van der Waals surface area contributed by atoms with Crippen molar-refractivity contribution in [3.8, 4) is 0 Å². The summed E-state index contributed by atoms with van der Waals surface area (Å²) >= 11 is 0. The topological polar surface area (TPSA) is 35.6 Å². The lowest BCUT2D eigenvalue weighted by Crippen LogP contribution is -2.43. The smallest absolute Gasteiger partial charge is 0.241 e. The molecule has 0 saturated carbocycles. The molecule has 0 bridgehead atoms. The first-order chi connectivity index (χ1) is 8.06. The molecule has 1 unspecified atom stereocenters. The van der Waals surface area contributed by atoms with E-state index in [-0.39, 0.29) is 11.9 Å². The third kappa shape index (κ3) is 4.13. The summed E-state index contributed by atoms with van der Waals surface area (Å²) in [6.07, 6.45) is 5.25. The maximum Gasteiger partial charge on any atom is 0.241 e. The minimum absolute atomic E-state index is 0.0469. The average molecular weight is 239 g/mol. The van der Waals surface area contributed by atoms with Gasteiger partial charge in [-0.3, -0.25) is 9.69 Å². The van der Waals surface area contributed by atoms with E-state index in [0.29, 0.717) is 6.04 Å². The van der Waals surface area contributed by atoms with E-state index in [1.807, 2.05) is 19.0 Å². The van der Waals surface area contributed by atoms with Gasteiger partial charge in [0.1, 0.15) is 6.04 Å². The predicted octanol–water partition coefficient (Wildman–Crippen LogP) is 0.703. The van der Waals surface area contributed by atoms with Crippen molar-refractivity contribution in [1.29, 1.82) is 0 Å². The van der Waals surface area contributed by atoms with Gasteiger partial charge in [0.25, 0.3) is 0 Å². The van der Waals surface area contributed by atoms with Gasteiger partial charge in [-0.2, -0.15) is 0 Å². The van der Waals surface area contributed by atoms with Gasteiger partial charge >= 0.3 is 0 Å². The Morgan fingerprint density at radius 1 is 1.65 bits per heavy atom. The second kappa shape index (κ2) is 6.77. The molecule has 1 rings (SSSR count). The van der Waals surface area contributed by atoms with Gasteiger partial charge in [0, 0.05) is 12.6 Å². The van der Waals surface area contributed by atoms with E-state index < -0.39 is 0 Å². The maximum absolute atomic E-state index is 11.8. The van der Waals surface area contributed by atoms with Crippen LogP contribution < -0.4 is 5.32 Å². The third-order valence-electron chi connectivity index (χ3n) is 3.50. The van der Waals surface area contributed by atoms with E-state index in [4.69, 9.17) is 0 Å². The summed E-state index contributed by atoms with van der Waals surface area (Å²) in [6, 6.07) is 0.410. The molecule has 1 saturated heterocycles. The Labute approximate surface area is 105 Å². The lowest BCUT2D eigenvalue weighted by Gasteiger charge is -2.22. The first kappa shape index (κ1) is 14.2. The molecule has 1 heterocycles. The van der Waals surface area contributed by atoms with Crippen LogP contribution in [0, 0.1) is 0 Å². The molecule has 1 aliphatic heterocycles. The van der Waals surface area contributed by atoms with Crippen LogP contribution in [-0.2, 0) is 4.79 Å². The van der Waals surface area contributed by atoms with Crippen molar-refractivity contribution in [2.75, 3.05) is 34.2 Å². The third-order valence-corrected chi connectivity index (χ3v) is 3.50. The van der Waals surface area contributed by atoms with Crippen molar-refractivity contribution in [2.24, 2.45) is 0 Å². The highest BCUT2D eigenvalue weighted by Crippen LogP contribution is 2.16. The maximum atomic E-state index is 11.8. The van der Waals surface area contributed by atoms with Gasteiger partial charge in [0.2, 0.25) is 5.91 Å². The summed E-state index contributed by atoms with van der Waals surface area (Å²) in [5.41, 5.74) is 0. The average Bonchev–Trinajstić information content (AvgIpc) is 2.65. The van der Waals surface area contributed by atoms with Crippen LogP contribution in [0.5, 0.6) is 0 Å². The van der Waals surface area contributed by atoms with E-state index in [0.717, 1.165) is 13.0 Å². The molecule has 0 aromatic heterocycles. The summed E-state index contributed by atoms with van der Waals surface area (Å²) in [4.78, 5) is 16.1. The summed E-state index contributed by atoms with van der Waals surface area (Å²) in [5, 5.41) is 2.98. The molecule has 0 aromatic carbocycles.